The number of thiophene rings is 1. The van der Waals surface area contributed by atoms with Crippen molar-refractivity contribution >= 4 is 17.4 Å². The number of rotatable bonds is 8. The molecule has 4 nitrogen and oxygen atoms in total. The van der Waals surface area contributed by atoms with Crippen molar-refractivity contribution < 1.29 is 9.53 Å². The molecule has 0 saturated carbocycles. The van der Waals surface area contributed by atoms with Crippen molar-refractivity contribution in [3.05, 3.63) is 22.4 Å². The van der Waals surface area contributed by atoms with E-state index in [9.17, 15) is 4.79 Å². The molecule has 1 aromatic heterocycles. The standard InChI is InChI=1S/C14H24N2O2S/c1-4-6-12(2)15-14(17)16(8-9-18-3)11-13-7-5-10-19-13/h5,7,10,12H,4,6,8-9,11H2,1-3H3,(H,15,17)/t12-/m1/s1. The smallest absolute Gasteiger partial charge is 0.318 e. The van der Waals surface area contributed by atoms with Gasteiger partial charge in [0.15, 0.2) is 0 Å². The summed E-state index contributed by atoms with van der Waals surface area (Å²) in [5.74, 6) is 0. The first-order chi connectivity index (χ1) is 9.17. The average molecular weight is 284 g/mol. The number of carbonyl (C=O) groups is 1. The molecule has 1 N–H and O–H groups in total. The molecule has 1 atom stereocenters. The Morgan fingerprint density at radius 2 is 2.37 bits per heavy atom. The van der Waals surface area contributed by atoms with Gasteiger partial charge in [-0.1, -0.05) is 19.4 Å². The third-order valence-corrected chi connectivity index (χ3v) is 3.73. The molecule has 19 heavy (non-hydrogen) atoms. The molecule has 0 saturated heterocycles. The van der Waals surface area contributed by atoms with E-state index in [1.165, 1.54) is 4.88 Å². The monoisotopic (exact) mass is 284 g/mol. The molecular formula is C14H24N2O2S. The minimum atomic E-state index is -0.00796. The predicted octanol–water partition coefficient (Wildman–Crippen LogP) is 3.09. The van der Waals surface area contributed by atoms with Gasteiger partial charge in [0, 0.05) is 24.6 Å². The number of hydrogen-bond acceptors (Lipinski definition) is 3. The molecule has 0 aromatic carbocycles. The van der Waals surface area contributed by atoms with Gasteiger partial charge in [0.1, 0.15) is 0 Å². The van der Waals surface area contributed by atoms with E-state index in [0.29, 0.717) is 19.7 Å². The van der Waals surface area contributed by atoms with Gasteiger partial charge in [-0.2, -0.15) is 0 Å². The van der Waals surface area contributed by atoms with Gasteiger partial charge >= 0.3 is 6.03 Å². The highest BCUT2D eigenvalue weighted by atomic mass is 32.1. The van der Waals surface area contributed by atoms with E-state index in [0.717, 1.165) is 12.8 Å². The SMILES string of the molecule is CCC[C@@H](C)NC(=O)N(CCOC)Cc1cccs1. The summed E-state index contributed by atoms with van der Waals surface area (Å²) in [6.07, 6.45) is 2.08. The van der Waals surface area contributed by atoms with E-state index in [-0.39, 0.29) is 12.1 Å². The van der Waals surface area contributed by atoms with Crippen LogP contribution < -0.4 is 5.32 Å². The van der Waals surface area contributed by atoms with Gasteiger partial charge < -0.3 is 15.0 Å². The number of nitrogens with zero attached hydrogens (tertiary/aromatic N) is 1. The van der Waals surface area contributed by atoms with Gasteiger partial charge in [-0.05, 0) is 24.8 Å². The van der Waals surface area contributed by atoms with Gasteiger partial charge in [-0.15, -0.1) is 11.3 Å². The number of amides is 2. The number of nitrogens with one attached hydrogen (secondary N) is 1. The lowest BCUT2D eigenvalue weighted by molar-refractivity contribution is 0.145. The van der Waals surface area contributed by atoms with E-state index in [1.807, 2.05) is 29.3 Å². The summed E-state index contributed by atoms with van der Waals surface area (Å²) < 4.78 is 5.08. The summed E-state index contributed by atoms with van der Waals surface area (Å²) >= 11 is 1.67. The van der Waals surface area contributed by atoms with Crippen molar-refractivity contribution in [1.82, 2.24) is 10.2 Å². The minimum absolute atomic E-state index is 0.00796. The van der Waals surface area contributed by atoms with Crippen LogP contribution in [0.5, 0.6) is 0 Å². The van der Waals surface area contributed by atoms with Crippen molar-refractivity contribution in [2.75, 3.05) is 20.3 Å². The Bertz CT molecular complexity index is 354. The third-order valence-electron chi connectivity index (χ3n) is 2.87. The molecule has 1 aromatic rings. The number of ether oxygens (including phenoxy) is 1. The third kappa shape index (κ3) is 6.07. The largest absolute Gasteiger partial charge is 0.383 e. The summed E-state index contributed by atoms with van der Waals surface area (Å²) in [7, 11) is 1.65. The van der Waals surface area contributed by atoms with Crippen LogP contribution in [0.3, 0.4) is 0 Å². The Hall–Kier alpha value is -1.07. The predicted molar refractivity (Wildman–Crippen MR) is 79.5 cm³/mol. The highest BCUT2D eigenvalue weighted by Gasteiger charge is 2.15. The van der Waals surface area contributed by atoms with E-state index < -0.39 is 0 Å². The first kappa shape index (κ1) is 16.0. The van der Waals surface area contributed by atoms with Gasteiger partial charge in [-0.3, -0.25) is 0 Å². The Labute approximate surface area is 119 Å². The van der Waals surface area contributed by atoms with E-state index >= 15 is 0 Å². The number of methoxy groups -OCH3 is 1. The lowest BCUT2D eigenvalue weighted by Gasteiger charge is -2.24. The Morgan fingerprint density at radius 3 is 2.95 bits per heavy atom. The van der Waals surface area contributed by atoms with Crippen LogP contribution in [-0.4, -0.2) is 37.2 Å². The fourth-order valence-electron chi connectivity index (χ4n) is 1.85. The summed E-state index contributed by atoms with van der Waals surface area (Å²) in [4.78, 5) is 15.2. The Balaban J connectivity index is 2.54. The molecule has 108 valence electrons. The van der Waals surface area contributed by atoms with E-state index in [2.05, 4.69) is 12.2 Å². The molecule has 0 radical (unpaired) electrons. The molecule has 0 aliphatic heterocycles. The summed E-state index contributed by atoms with van der Waals surface area (Å²) in [5.41, 5.74) is 0. The molecule has 0 spiro atoms. The molecule has 1 heterocycles. The van der Waals surface area contributed by atoms with Crippen molar-refractivity contribution in [2.24, 2.45) is 0 Å². The van der Waals surface area contributed by atoms with Crippen LogP contribution in [0.2, 0.25) is 0 Å². The minimum Gasteiger partial charge on any atom is -0.383 e. The quantitative estimate of drug-likeness (QED) is 0.797. The molecule has 0 aliphatic carbocycles. The second-order valence-corrected chi connectivity index (χ2v) is 5.67. The normalized spacial score (nSPS) is 12.2. The van der Waals surface area contributed by atoms with Crippen LogP contribution in [0.15, 0.2) is 17.5 Å². The maximum absolute atomic E-state index is 12.2. The van der Waals surface area contributed by atoms with Crippen LogP contribution in [0.4, 0.5) is 4.79 Å². The van der Waals surface area contributed by atoms with Crippen LogP contribution in [0.25, 0.3) is 0 Å². The maximum Gasteiger partial charge on any atom is 0.318 e. The van der Waals surface area contributed by atoms with Crippen LogP contribution in [0, 0.1) is 0 Å². The molecular weight excluding hydrogens is 260 g/mol. The zero-order chi connectivity index (χ0) is 14.1. The summed E-state index contributed by atoms with van der Waals surface area (Å²) in [5, 5.41) is 5.07. The lowest BCUT2D eigenvalue weighted by atomic mass is 10.2. The molecule has 1 rings (SSSR count). The highest BCUT2D eigenvalue weighted by Crippen LogP contribution is 2.12. The van der Waals surface area contributed by atoms with Crippen molar-refractivity contribution in [1.29, 1.82) is 0 Å². The van der Waals surface area contributed by atoms with Gasteiger partial charge in [0.2, 0.25) is 0 Å². The van der Waals surface area contributed by atoms with Gasteiger partial charge in [0.25, 0.3) is 0 Å². The molecule has 0 bridgehead atoms. The first-order valence-corrected chi connectivity index (χ1v) is 7.62. The summed E-state index contributed by atoms with van der Waals surface area (Å²) in [6, 6.07) is 4.26. The Morgan fingerprint density at radius 1 is 1.58 bits per heavy atom. The second-order valence-electron chi connectivity index (χ2n) is 4.63. The van der Waals surface area contributed by atoms with Crippen molar-refractivity contribution in [3.63, 3.8) is 0 Å². The zero-order valence-corrected chi connectivity index (χ0v) is 12.8. The zero-order valence-electron chi connectivity index (χ0n) is 12.0. The fourth-order valence-corrected chi connectivity index (χ4v) is 2.57. The molecule has 5 heteroatoms. The van der Waals surface area contributed by atoms with E-state index in [1.54, 1.807) is 18.4 Å². The van der Waals surface area contributed by atoms with Crippen LogP contribution in [0.1, 0.15) is 31.6 Å². The molecule has 0 aliphatic rings. The Kier molecular flexibility index (Phi) is 7.52. The van der Waals surface area contributed by atoms with E-state index in [4.69, 9.17) is 4.74 Å². The topological polar surface area (TPSA) is 41.6 Å². The molecule has 2 amide bonds. The van der Waals surface area contributed by atoms with Crippen molar-refractivity contribution in [2.45, 2.75) is 39.3 Å². The molecule has 0 unspecified atom stereocenters. The average Bonchev–Trinajstić information content (AvgIpc) is 2.87. The van der Waals surface area contributed by atoms with Crippen LogP contribution >= 0.6 is 11.3 Å². The first-order valence-electron chi connectivity index (χ1n) is 6.74. The van der Waals surface area contributed by atoms with Crippen LogP contribution in [-0.2, 0) is 11.3 Å². The number of carbonyl (C=O) groups excluding carboxylic acids is 1. The maximum atomic E-state index is 12.2. The fraction of sp³-hybridized carbons (Fsp3) is 0.643. The number of urea groups is 1. The van der Waals surface area contributed by atoms with Gasteiger partial charge in [-0.25, -0.2) is 4.79 Å². The van der Waals surface area contributed by atoms with Crippen molar-refractivity contribution in [3.8, 4) is 0 Å². The highest BCUT2D eigenvalue weighted by molar-refractivity contribution is 7.09. The second kappa shape index (κ2) is 8.93. The van der Waals surface area contributed by atoms with Gasteiger partial charge in [0.05, 0.1) is 13.2 Å². The number of hydrogen-bond donors (Lipinski definition) is 1. The molecule has 0 fully saturated rings. The summed E-state index contributed by atoms with van der Waals surface area (Å²) in [6.45, 7) is 5.98. The lowest BCUT2D eigenvalue weighted by Crippen LogP contribution is -2.44.